The van der Waals surface area contributed by atoms with E-state index < -0.39 is 0 Å². The Bertz CT molecular complexity index is 1120. The molecule has 2 aromatic carbocycles. The number of aromatic amines is 1. The van der Waals surface area contributed by atoms with Gasteiger partial charge in [0.15, 0.2) is 11.5 Å². The second-order valence-electron chi connectivity index (χ2n) is 6.28. The fourth-order valence-corrected chi connectivity index (χ4v) is 3.13. The SMILES string of the molecule is CCOc1cccc(-c2cc3c(Nc4ccc(OC)c(O)c4)nccc3[nH]2)c1. The van der Waals surface area contributed by atoms with Crippen molar-refractivity contribution in [3.8, 4) is 28.5 Å². The maximum atomic E-state index is 10.0. The molecule has 0 saturated carbocycles. The number of phenols is 1. The van der Waals surface area contributed by atoms with Gasteiger partial charge in [-0.3, -0.25) is 0 Å². The van der Waals surface area contributed by atoms with Crippen molar-refractivity contribution in [1.82, 2.24) is 9.97 Å². The van der Waals surface area contributed by atoms with Crippen LogP contribution in [0.5, 0.6) is 17.2 Å². The molecule has 0 amide bonds. The Kier molecular flexibility index (Phi) is 4.76. The average Bonchev–Trinajstić information content (AvgIpc) is 3.14. The Hall–Kier alpha value is -3.67. The Morgan fingerprint density at radius 1 is 1.11 bits per heavy atom. The van der Waals surface area contributed by atoms with Crippen LogP contribution in [0.25, 0.3) is 22.2 Å². The van der Waals surface area contributed by atoms with Crippen molar-refractivity contribution < 1.29 is 14.6 Å². The summed E-state index contributed by atoms with van der Waals surface area (Å²) in [4.78, 5) is 7.89. The van der Waals surface area contributed by atoms with Crippen molar-refractivity contribution in [2.75, 3.05) is 19.0 Å². The lowest BCUT2D eigenvalue weighted by Crippen LogP contribution is -1.94. The first-order chi connectivity index (χ1) is 13.7. The topological polar surface area (TPSA) is 79.4 Å². The highest BCUT2D eigenvalue weighted by atomic mass is 16.5. The Labute approximate surface area is 162 Å². The predicted molar refractivity (Wildman–Crippen MR) is 111 cm³/mol. The van der Waals surface area contributed by atoms with Crippen LogP contribution in [0.3, 0.4) is 0 Å². The highest BCUT2D eigenvalue weighted by Gasteiger charge is 2.10. The van der Waals surface area contributed by atoms with E-state index in [-0.39, 0.29) is 5.75 Å². The molecule has 0 fully saturated rings. The number of hydrogen-bond acceptors (Lipinski definition) is 5. The van der Waals surface area contributed by atoms with Gasteiger partial charge in [0.05, 0.1) is 19.2 Å². The van der Waals surface area contributed by atoms with Gasteiger partial charge in [0, 0.05) is 34.6 Å². The van der Waals surface area contributed by atoms with Crippen molar-refractivity contribution in [1.29, 1.82) is 0 Å². The van der Waals surface area contributed by atoms with Crippen LogP contribution < -0.4 is 14.8 Å². The summed E-state index contributed by atoms with van der Waals surface area (Å²) in [6, 6.07) is 17.1. The van der Waals surface area contributed by atoms with Gasteiger partial charge in [0.1, 0.15) is 11.6 Å². The normalized spacial score (nSPS) is 10.8. The van der Waals surface area contributed by atoms with Crippen LogP contribution in [0.15, 0.2) is 60.8 Å². The number of fused-ring (bicyclic) bond motifs is 1. The number of benzene rings is 2. The number of ether oxygens (including phenoxy) is 2. The number of nitrogens with one attached hydrogen (secondary N) is 2. The zero-order valence-corrected chi connectivity index (χ0v) is 15.7. The molecule has 0 bridgehead atoms. The summed E-state index contributed by atoms with van der Waals surface area (Å²) < 4.78 is 10.7. The number of pyridine rings is 1. The lowest BCUT2D eigenvalue weighted by molar-refractivity contribution is 0.340. The second kappa shape index (κ2) is 7.52. The first kappa shape index (κ1) is 17.7. The van der Waals surface area contributed by atoms with E-state index in [9.17, 15) is 5.11 Å². The van der Waals surface area contributed by atoms with Crippen LogP contribution in [0.4, 0.5) is 11.5 Å². The second-order valence-corrected chi connectivity index (χ2v) is 6.28. The largest absolute Gasteiger partial charge is 0.504 e. The lowest BCUT2D eigenvalue weighted by Gasteiger charge is -2.09. The number of anilines is 2. The number of rotatable bonds is 6. The third-order valence-electron chi connectivity index (χ3n) is 4.45. The Morgan fingerprint density at radius 2 is 2.00 bits per heavy atom. The van der Waals surface area contributed by atoms with Gasteiger partial charge in [-0.1, -0.05) is 12.1 Å². The highest BCUT2D eigenvalue weighted by Crippen LogP contribution is 2.33. The van der Waals surface area contributed by atoms with Crippen molar-refractivity contribution in [3.63, 3.8) is 0 Å². The summed E-state index contributed by atoms with van der Waals surface area (Å²) in [6.45, 7) is 2.60. The van der Waals surface area contributed by atoms with Crippen LogP contribution in [0.1, 0.15) is 6.92 Å². The Morgan fingerprint density at radius 3 is 2.79 bits per heavy atom. The predicted octanol–water partition coefficient (Wildman–Crippen LogP) is 5.09. The van der Waals surface area contributed by atoms with E-state index in [0.717, 1.165) is 33.6 Å². The minimum Gasteiger partial charge on any atom is -0.504 e. The van der Waals surface area contributed by atoms with E-state index in [1.165, 1.54) is 7.11 Å². The molecule has 4 aromatic rings. The number of methoxy groups -OCH3 is 1. The van der Waals surface area contributed by atoms with Crippen LogP contribution >= 0.6 is 0 Å². The third kappa shape index (κ3) is 3.44. The molecule has 0 aliphatic heterocycles. The first-order valence-corrected chi connectivity index (χ1v) is 9.03. The minimum absolute atomic E-state index is 0.0715. The molecule has 0 radical (unpaired) electrons. The summed E-state index contributed by atoms with van der Waals surface area (Å²) in [5, 5.41) is 14.2. The summed E-state index contributed by atoms with van der Waals surface area (Å²) in [5.74, 6) is 2.03. The molecule has 4 rings (SSSR count). The van der Waals surface area contributed by atoms with Gasteiger partial charge in [0.2, 0.25) is 0 Å². The quantitative estimate of drug-likeness (QED) is 0.438. The van der Waals surface area contributed by atoms with Crippen molar-refractivity contribution in [3.05, 3.63) is 60.8 Å². The summed E-state index contributed by atoms with van der Waals surface area (Å²) in [6.07, 6.45) is 1.74. The molecule has 28 heavy (non-hydrogen) atoms. The molecule has 3 N–H and O–H groups in total. The molecular formula is C22H21N3O3. The fourth-order valence-electron chi connectivity index (χ4n) is 3.13. The Balaban J connectivity index is 1.69. The van der Waals surface area contributed by atoms with Crippen molar-refractivity contribution in [2.24, 2.45) is 0 Å². The lowest BCUT2D eigenvalue weighted by atomic mass is 10.1. The minimum atomic E-state index is 0.0715. The number of H-pyrrole nitrogens is 1. The number of nitrogens with zero attached hydrogens (tertiary/aromatic N) is 1. The summed E-state index contributed by atoms with van der Waals surface area (Å²) in [7, 11) is 1.52. The zero-order chi connectivity index (χ0) is 19.5. The van der Waals surface area contributed by atoms with Gasteiger partial charge in [0.25, 0.3) is 0 Å². The van der Waals surface area contributed by atoms with Gasteiger partial charge in [-0.05, 0) is 43.3 Å². The standard InChI is InChI=1S/C22H21N3O3/c1-3-28-16-6-4-5-14(11-16)19-13-17-18(25-19)9-10-23-22(17)24-15-7-8-21(27-2)20(26)12-15/h4-13,25-26H,3H2,1-2H3,(H,23,24). The van der Waals surface area contributed by atoms with E-state index >= 15 is 0 Å². The van der Waals surface area contributed by atoms with Crippen LogP contribution in [-0.2, 0) is 0 Å². The smallest absolute Gasteiger partial charge is 0.160 e. The molecule has 0 saturated heterocycles. The summed E-state index contributed by atoms with van der Waals surface area (Å²) >= 11 is 0. The van der Waals surface area contributed by atoms with E-state index in [1.54, 1.807) is 18.3 Å². The average molecular weight is 375 g/mol. The molecule has 0 spiro atoms. The van der Waals surface area contributed by atoms with Crippen LogP contribution in [-0.4, -0.2) is 28.8 Å². The number of hydrogen-bond donors (Lipinski definition) is 3. The van der Waals surface area contributed by atoms with E-state index in [4.69, 9.17) is 9.47 Å². The number of aromatic hydroxyl groups is 1. The third-order valence-corrected chi connectivity index (χ3v) is 4.45. The molecule has 0 aliphatic rings. The van der Waals surface area contributed by atoms with Gasteiger partial charge < -0.3 is 24.9 Å². The molecule has 0 unspecified atom stereocenters. The number of aromatic nitrogens is 2. The molecule has 6 heteroatoms. The van der Waals surface area contributed by atoms with Crippen molar-refractivity contribution >= 4 is 22.4 Å². The zero-order valence-electron chi connectivity index (χ0n) is 15.7. The van der Waals surface area contributed by atoms with Gasteiger partial charge in [-0.2, -0.15) is 0 Å². The monoisotopic (exact) mass is 375 g/mol. The van der Waals surface area contributed by atoms with E-state index in [1.807, 2.05) is 43.3 Å². The van der Waals surface area contributed by atoms with Crippen LogP contribution in [0, 0.1) is 0 Å². The molecule has 6 nitrogen and oxygen atoms in total. The summed E-state index contributed by atoms with van der Waals surface area (Å²) in [5.41, 5.74) is 3.70. The molecule has 142 valence electrons. The van der Waals surface area contributed by atoms with Gasteiger partial charge in [-0.15, -0.1) is 0 Å². The van der Waals surface area contributed by atoms with Gasteiger partial charge >= 0.3 is 0 Å². The fraction of sp³-hybridized carbons (Fsp3) is 0.136. The first-order valence-electron chi connectivity index (χ1n) is 9.03. The van der Waals surface area contributed by atoms with E-state index in [0.29, 0.717) is 18.2 Å². The molecule has 2 heterocycles. The maximum absolute atomic E-state index is 10.0. The molecule has 2 aromatic heterocycles. The van der Waals surface area contributed by atoms with E-state index in [2.05, 4.69) is 21.4 Å². The molecule has 0 aliphatic carbocycles. The van der Waals surface area contributed by atoms with Crippen molar-refractivity contribution in [2.45, 2.75) is 6.92 Å². The number of phenolic OH excluding ortho intramolecular Hbond substituents is 1. The molecule has 0 atom stereocenters. The molecular weight excluding hydrogens is 354 g/mol. The highest BCUT2D eigenvalue weighted by molar-refractivity contribution is 5.95. The van der Waals surface area contributed by atoms with Gasteiger partial charge in [-0.25, -0.2) is 4.98 Å². The van der Waals surface area contributed by atoms with Crippen LogP contribution in [0.2, 0.25) is 0 Å². The maximum Gasteiger partial charge on any atom is 0.160 e.